The van der Waals surface area contributed by atoms with Gasteiger partial charge in [-0.1, -0.05) is 38.1 Å². The molecule has 0 saturated heterocycles. The molecule has 1 unspecified atom stereocenters. The Bertz CT molecular complexity index is 362. The maximum absolute atomic E-state index is 5.92. The van der Waals surface area contributed by atoms with Gasteiger partial charge in [0.2, 0.25) is 0 Å². The van der Waals surface area contributed by atoms with Crippen LogP contribution in [-0.2, 0) is 0 Å². The Balaban J connectivity index is 2.30. The van der Waals surface area contributed by atoms with Crippen LogP contribution < -0.4 is 10.1 Å². The molecule has 19 heavy (non-hydrogen) atoms. The molecule has 0 saturated carbocycles. The van der Waals surface area contributed by atoms with Gasteiger partial charge in [0.05, 0.1) is 6.61 Å². The monoisotopic (exact) mass is 261 g/mol. The molecule has 0 amide bonds. The van der Waals surface area contributed by atoms with Crippen LogP contribution in [0.15, 0.2) is 36.9 Å². The van der Waals surface area contributed by atoms with E-state index in [2.05, 4.69) is 43.9 Å². The van der Waals surface area contributed by atoms with E-state index in [0.29, 0.717) is 5.92 Å². The molecule has 1 N–H and O–H groups in total. The summed E-state index contributed by atoms with van der Waals surface area (Å²) in [5.41, 5.74) is 1.33. The number of hydrogen-bond acceptors (Lipinski definition) is 2. The highest BCUT2D eigenvalue weighted by molar-refractivity contribution is 5.35. The van der Waals surface area contributed by atoms with Crippen molar-refractivity contribution in [2.24, 2.45) is 0 Å². The molecule has 0 heterocycles. The molecular formula is C17H27NO. The second-order valence-corrected chi connectivity index (χ2v) is 4.90. The summed E-state index contributed by atoms with van der Waals surface area (Å²) >= 11 is 0. The van der Waals surface area contributed by atoms with Gasteiger partial charge < -0.3 is 10.1 Å². The van der Waals surface area contributed by atoms with Crippen molar-refractivity contribution in [2.75, 3.05) is 19.7 Å². The fourth-order valence-electron chi connectivity index (χ4n) is 1.98. The van der Waals surface area contributed by atoms with Crippen molar-refractivity contribution in [1.29, 1.82) is 0 Å². The topological polar surface area (TPSA) is 21.3 Å². The van der Waals surface area contributed by atoms with Gasteiger partial charge >= 0.3 is 0 Å². The molecule has 0 aliphatic carbocycles. The highest BCUT2D eigenvalue weighted by Gasteiger charge is 2.08. The van der Waals surface area contributed by atoms with Crippen LogP contribution in [0.2, 0.25) is 0 Å². The molecule has 1 rings (SSSR count). The van der Waals surface area contributed by atoms with Gasteiger partial charge in [-0.2, -0.15) is 0 Å². The largest absolute Gasteiger partial charge is 0.493 e. The zero-order valence-corrected chi connectivity index (χ0v) is 12.3. The Labute approximate surface area is 117 Å². The van der Waals surface area contributed by atoms with Crippen LogP contribution in [0.1, 0.15) is 44.6 Å². The van der Waals surface area contributed by atoms with E-state index in [1.54, 1.807) is 0 Å². The summed E-state index contributed by atoms with van der Waals surface area (Å²) in [7, 11) is 0. The third-order valence-corrected chi connectivity index (χ3v) is 3.36. The number of unbranched alkanes of at least 4 members (excludes halogenated alkanes) is 1. The Hall–Kier alpha value is -1.28. The lowest BCUT2D eigenvalue weighted by Crippen LogP contribution is -2.15. The standard InChI is InChI=1S/C17H27NO/c1-4-12-18-13-8-9-14-19-17-11-7-6-10-16(17)15(3)5-2/h4,6-7,10-11,15,18H,1,5,8-9,12-14H2,2-3H3. The van der Waals surface area contributed by atoms with E-state index < -0.39 is 0 Å². The summed E-state index contributed by atoms with van der Waals surface area (Å²) in [4.78, 5) is 0. The summed E-state index contributed by atoms with van der Waals surface area (Å²) in [5, 5.41) is 3.30. The lowest BCUT2D eigenvalue weighted by atomic mass is 9.98. The zero-order chi connectivity index (χ0) is 13.9. The minimum Gasteiger partial charge on any atom is -0.493 e. The van der Waals surface area contributed by atoms with Crippen LogP contribution >= 0.6 is 0 Å². The second-order valence-electron chi connectivity index (χ2n) is 4.90. The number of nitrogens with one attached hydrogen (secondary N) is 1. The van der Waals surface area contributed by atoms with Gasteiger partial charge in [-0.05, 0) is 43.4 Å². The van der Waals surface area contributed by atoms with E-state index in [1.165, 1.54) is 5.56 Å². The lowest BCUT2D eigenvalue weighted by molar-refractivity contribution is 0.301. The Morgan fingerprint density at radius 2 is 2.11 bits per heavy atom. The average molecular weight is 261 g/mol. The van der Waals surface area contributed by atoms with E-state index in [9.17, 15) is 0 Å². The van der Waals surface area contributed by atoms with Gasteiger partial charge in [-0.15, -0.1) is 6.58 Å². The minimum absolute atomic E-state index is 0.561. The van der Waals surface area contributed by atoms with Crippen molar-refractivity contribution in [1.82, 2.24) is 5.32 Å². The van der Waals surface area contributed by atoms with Gasteiger partial charge in [0, 0.05) is 6.54 Å². The van der Waals surface area contributed by atoms with E-state index in [-0.39, 0.29) is 0 Å². The maximum Gasteiger partial charge on any atom is 0.122 e. The van der Waals surface area contributed by atoms with Crippen LogP contribution in [0.5, 0.6) is 5.75 Å². The Kier molecular flexibility index (Phi) is 7.99. The van der Waals surface area contributed by atoms with Crippen LogP contribution in [0.3, 0.4) is 0 Å². The molecule has 0 radical (unpaired) electrons. The molecule has 0 spiro atoms. The van der Waals surface area contributed by atoms with Gasteiger partial charge in [0.25, 0.3) is 0 Å². The molecular weight excluding hydrogens is 234 g/mol. The maximum atomic E-state index is 5.92. The number of hydrogen-bond donors (Lipinski definition) is 1. The van der Waals surface area contributed by atoms with Gasteiger partial charge in [0.15, 0.2) is 0 Å². The number of ether oxygens (including phenoxy) is 1. The molecule has 0 aromatic heterocycles. The van der Waals surface area contributed by atoms with Gasteiger partial charge in [0.1, 0.15) is 5.75 Å². The highest BCUT2D eigenvalue weighted by atomic mass is 16.5. The highest BCUT2D eigenvalue weighted by Crippen LogP contribution is 2.28. The van der Waals surface area contributed by atoms with Crippen molar-refractivity contribution >= 4 is 0 Å². The van der Waals surface area contributed by atoms with Crippen LogP contribution in [0, 0.1) is 0 Å². The van der Waals surface area contributed by atoms with Crippen molar-refractivity contribution in [3.8, 4) is 5.75 Å². The molecule has 2 heteroatoms. The molecule has 1 atom stereocenters. The summed E-state index contributed by atoms with van der Waals surface area (Å²) in [6.07, 6.45) is 5.25. The first-order valence-corrected chi connectivity index (χ1v) is 7.33. The van der Waals surface area contributed by atoms with Crippen LogP contribution in [0.25, 0.3) is 0 Å². The van der Waals surface area contributed by atoms with Gasteiger partial charge in [-0.25, -0.2) is 0 Å². The normalized spacial score (nSPS) is 12.1. The molecule has 0 bridgehead atoms. The lowest BCUT2D eigenvalue weighted by Gasteiger charge is -2.15. The molecule has 1 aromatic rings. The number of para-hydroxylation sites is 1. The smallest absolute Gasteiger partial charge is 0.122 e. The number of benzene rings is 1. The van der Waals surface area contributed by atoms with E-state index >= 15 is 0 Å². The van der Waals surface area contributed by atoms with E-state index in [1.807, 2.05) is 12.1 Å². The molecule has 0 aliphatic rings. The summed E-state index contributed by atoms with van der Waals surface area (Å²) < 4.78 is 5.92. The van der Waals surface area contributed by atoms with Crippen molar-refractivity contribution in [2.45, 2.75) is 39.0 Å². The molecule has 1 aromatic carbocycles. The molecule has 106 valence electrons. The predicted octanol–water partition coefficient (Wildman–Crippen LogP) is 4.13. The second kappa shape index (κ2) is 9.62. The molecule has 0 fully saturated rings. The van der Waals surface area contributed by atoms with Crippen LogP contribution in [-0.4, -0.2) is 19.7 Å². The summed E-state index contributed by atoms with van der Waals surface area (Å²) in [5.74, 6) is 1.61. The van der Waals surface area contributed by atoms with Gasteiger partial charge in [-0.3, -0.25) is 0 Å². The quantitative estimate of drug-likeness (QED) is 0.505. The van der Waals surface area contributed by atoms with Crippen molar-refractivity contribution in [3.63, 3.8) is 0 Å². The third kappa shape index (κ3) is 5.93. The van der Waals surface area contributed by atoms with Crippen molar-refractivity contribution < 1.29 is 4.74 Å². The summed E-state index contributed by atoms with van der Waals surface area (Å²) in [6.45, 7) is 10.9. The first-order chi connectivity index (χ1) is 9.29. The van der Waals surface area contributed by atoms with E-state index in [4.69, 9.17) is 4.74 Å². The summed E-state index contributed by atoms with van der Waals surface area (Å²) in [6, 6.07) is 8.40. The average Bonchev–Trinajstić information content (AvgIpc) is 2.46. The van der Waals surface area contributed by atoms with Crippen LogP contribution in [0.4, 0.5) is 0 Å². The first kappa shape index (κ1) is 15.8. The molecule has 2 nitrogen and oxygen atoms in total. The molecule has 0 aliphatic heterocycles. The minimum atomic E-state index is 0.561. The predicted molar refractivity (Wildman–Crippen MR) is 82.9 cm³/mol. The fraction of sp³-hybridized carbons (Fsp3) is 0.529. The first-order valence-electron chi connectivity index (χ1n) is 7.33. The Morgan fingerprint density at radius 3 is 2.84 bits per heavy atom. The number of rotatable bonds is 10. The zero-order valence-electron chi connectivity index (χ0n) is 12.3. The van der Waals surface area contributed by atoms with Crippen molar-refractivity contribution in [3.05, 3.63) is 42.5 Å². The Morgan fingerprint density at radius 1 is 1.32 bits per heavy atom. The SMILES string of the molecule is C=CCNCCCCOc1ccccc1C(C)CC. The fourth-order valence-corrected chi connectivity index (χ4v) is 1.98. The third-order valence-electron chi connectivity index (χ3n) is 3.36. The van der Waals surface area contributed by atoms with E-state index in [0.717, 1.165) is 44.7 Å².